The van der Waals surface area contributed by atoms with Crippen molar-refractivity contribution in [3.63, 3.8) is 0 Å². The number of anilines is 1. The lowest BCUT2D eigenvalue weighted by molar-refractivity contribution is -0.153. The van der Waals surface area contributed by atoms with Gasteiger partial charge in [-0.05, 0) is 39.5 Å². The highest BCUT2D eigenvalue weighted by molar-refractivity contribution is 9.10. The third-order valence-corrected chi connectivity index (χ3v) is 2.83. The lowest BCUT2D eigenvalue weighted by atomic mass is 10.0. The number of rotatable bonds is 3. The fraction of sp³-hybridized carbons (Fsp3) is 0.455. The molecule has 0 saturated heterocycles. The molecule has 0 heterocycles. The monoisotopic (exact) mass is 311 g/mol. The molecule has 96 valence electrons. The quantitative estimate of drug-likeness (QED) is 0.853. The van der Waals surface area contributed by atoms with E-state index < -0.39 is 12.8 Å². The van der Waals surface area contributed by atoms with Crippen molar-refractivity contribution in [3.05, 3.63) is 22.2 Å². The van der Waals surface area contributed by atoms with Crippen LogP contribution in [0.5, 0.6) is 5.75 Å². The predicted molar refractivity (Wildman–Crippen MR) is 64.2 cm³/mol. The molecule has 0 atom stereocenters. The van der Waals surface area contributed by atoms with E-state index >= 15 is 0 Å². The summed E-state index contributed by atoms with van der Waals surface area (Å²) in [6.07, 6.45) is -4.37. The van der Waals surface area contributed by atoms with Gasteiger partial charge in [0.2, 0.25) is 0 Å². The molecule has 1 aromatic rings. The van der Waals surface area contributed by atoms with E-state index in [0.717, 1.165) is 5.56 Å². The molecule has 0 amide bonds. The van der Waals surface area contributed by atoms with Crippen LogP contribution in [0.4, 0.5) is 18.9 Å². The van der Waals surface area contributed by atoms with Crippen LogP contribution >= 0.6 is 15.9 Å². The first-order valence-corrected chi connectivity index (χ1v) is 5.78. The number of nitrogens with two attached hydrogens (primary N) is 1. The Kier molecular flexibility index (Phi) is 4.30. The van der Waals surface area contributed by atoms with Crippen LogP contribution in [0.3, 0.4) is 0 Å². The van der Waals surface area contributed by atoms with Crippen molar-refractivity contribution in [2.75, 3.05) is 12.3 Å². The van der Waals surface area contributed by atoms with Crippen molar-refractivity contribution in [1.82, 2.24) is 0 Å². The van der Waals surface area contributed by atoms with Crippen molar-refractivity contribution in [2.24, 2.45) is 0 Å². The number of benzene rings is 1. The first-order valence-electron chi connectivity index (χ1n) is 4.99. The molecule has 6 heteroatoms. The first-order chi connectivity index (χ1) is 7.70. The molecule has 0 radical (unpaired) electrons. The van der Waals surface area contributed by atoms with Gasteiger partial charge >= 0.3 is 6.18 Å². The highest BCUT2D eigenvalue weighted by Crippen LogP contribution is 2.34. The normalized spacial score (nSPS) is 11.9. The summed E-state index contributed by atoms with van der Waals surface area (Å²) < 4.78 is 41.4. The van der Waals surface area contributed by atoms with E-state index in [-0.39, 0.29) is 17.4 Å². The summed E-state index contributed by atoms with van der Waals surface area (Å²) in [5.41, 5.74) is 6.69. The molecule has 0 aromatic heterocycles. The zero-order valence-corrected chi connectivity index (χ0v) is 11.0. The fourth-order valence-electron chi connectivity index (χ4n) is 1.22. The third-order valence-electron chi connectivity index (χ3n) is 2.17. The van der Waals surface area contributed by atoms with Crippen molar-refractivity contribution in [1.29, 1.82) is 0 Å². The Morgan fingerprint density at radius 3 is 2.41 bits per heavy atom. The maximum atomic E-state index is 12.1. The van der Waals surface area contributed by atoms with Crippen LogP contribution in [0.25, 0.3) is 0 Å². The second kappa shape index (κ2) is 5.16. The second-order valence-corrected chi connectivity index (χ2v) is 4.83. The molecule has 2 N–H and O–H groups in total. The Hall–Kier alpha value is -0.910. The Balaban J connectivity index is 2.98. The Bertz CT molecular complexity index is 404. The van der Waals surface area contributed by atoms with E-state index in [1.54, 1.807) is 6.07 Å². The number of nitrogen functional groups attached to an aromatic ring is 1. The highest BCUT2D eigenvalue weighted by atomic mass is 79.9. The predicted octanol–water partition coefficient (Wildman–Crippen LogP) is 4.10. The van der Waals surface area contributed by atoms with Gasteiger partial charge in [0.15, 0.2) is 6.61 Å². The van der Waals surface area contributed by atoms with E-state index in [1.807, 2.05) is 13.8 Å². The van der Waals surface area contributed by atoms with Gasteiger partial charge in [-0.25, -0.2) is 0 Å². The molecule has 0 aliphatic carbocycles. The number of hydrogen-bond acceptors (Lipinski definition) is 2. The zero-order chi connectivity index (χ0) is 13.2. The fourth-order valence-corrected chi connectivity index (χ4v) is 1.68. The van der Waals surface area contributed by atoms with Gasteiger partial charge in [-0.2, -0.15) is 13.2 Å². The summed E-state index contributed by atoms with van der Waals surface area (Å²) in [5, 5.41) is 0. The van der Waals surface area contributed by atoms with Crippen LogP contribution in [0.15, 0.2) is 16.6 Å². The summed E-state index contributed by atoms with van der Waals surface area (Å²) in [6.45, 7) is 2.53. The average Bonchev–Trinajstić information content (AvgIpc) is 2.18. The lowest BCUT2D eigenvalue weighted by Crippen LogP contribution is -2.19. The van der Waals surface area contributed by atoms with Crippen LogP contribution in [0.2, 0.25) is 0 Å². The molecular formula is C11H13BrF3NO. The van der Waals surface area contributed by atoms with Crippen LogP contribution < -0.4 is 10.5 Å². The largest absolute Gasteiger partial charge is 0.482 e. The van der Waals surface area contributed by atoms with Gasteiger partial charge in [0.1, 0.15) is 5.75 Å². The van der Waals surface area contributed by atoms with Crippen LogP contribution in [-0.4, -0.2) is 12.8 Å². The molecule has 1 rings (SSSR count). The van der Waals surface area contributed by atoms with Gasteiger partial charge in [0.05, 0.1) is 5.69 Å². The summed E-state index contributed by atoms with van der Waals surface area (Å²) in [6, 6.07) is 3.32. The molecule has 0 aliphatic rings. The van der Waals surface area contributed by atoms with E-state index in [1.165, 1.54) is 6.07 Å². The Labute approximate surface area is 106 Å². The third kappa shape index (κ3) is 4.11. The van der Waals surface area contributed by atoms with Gasteiger partial charge in [-0.3, -0.25) is 0 Å². The molecule has 0 fully saturated rings. The minimum atomic E-state index is -4.37. The number of hydrogen-bond donors (Lipinski definition) is 1. The molecule has 0 unspecified atom stereocenters. The second-order valence-electron chi connectivity index (χ2n) is 3.97. The molecular weight excluding hydrogens is 299 g/mol. The maximum absolute atomic E-state index is 12.1. The SMILES string of the molecule is CC(C)c1cc(Br)c(N)c(OCC(F)(F)F)c1. The summed E-state index contributed by atoms with van der Waals surface area (Å²) >= 11 is 3.20. The lowest BCUT2D eigenvalue weighted by Gasteiger charge is -2.15. The Morgan fingerprint density at radius 1 is 1.35 bits per heavy atom. The van der Waals surface area contributed by atoms with Crippen molar-refractivity contribution in [2.45, 2.75) is 25.9 Å². The van der Waals surface area contributed by atoms with Crippen LogP contribution in [0, 0.1) is 0 Å². The van der Waals surface area contributed by atoms with Crippen LogP contribution in [0.1, 0.15) is 25.3 Å². The number of ether oxygens (including phenoxy) is 1. The Morgan fingerprint density at radius 2 is 1.94 bits per heavy atom. The molecule has 0 spiro atoms. The van der Waals surface area contributed by atoms with Crippen molar-refractivity contribution in [3.8, 4) is 5.75 Å². The summed E-state index contributed by atoms with van der Waals surface area (Å²) in [4.78, 5) is 0. The van der Waals surface area contributed by atoms with Crippen molar-refractivity contribution >= 4 is 21.6 Å². The average molecular weight is 312 g/mol. The van der Waals surface area contributed by atoms with E-state index in [4.69, 9.17) is 10.5 Å². The molecule has 2 nitrogen and oxygen atoms in total. The van der Waals surface area contributed by atoms with Crippen molar-refractivity contribution < 1.29 is 17.9 Å². The molecule has 0 bridgehead atoms. The minimum absolute atomic E-state index is 0.0559. The van der Waals surface area contributed by atoms with E-state index in [0.29, 0.717) is 4.47 Å². The summed E-state index contributed by atoms with van der Waals surface area (Å²) in [7, 11) is 0. The highest BCUT2D eigenvalue weighted by Gasteiger charge is 2.29. The van der Waals surface area contributed by atoms with Gasteiger partial charge in [0, 0.05) is 4.47 Å². The summed E-state index contributed by atoms with van der Waals surface area (Å²) in [5.74, 6) is 0.237. The number of halogens is 4. The number of alkyl halides is 3. The molecule has 0 aliphatic heterocycles. The topological polar surface area (TPSA) is 35.2 Å². The molecule has 1 aromatic carbocycles. The maximum Gasteiger partial charge on any atom is 0.422 e. The van der Waals surface area contributed by atoms with Gasteiger partial charge < -0.3 is 10.5 Å². The molecule has 0 saturated carbocycles. The van der Waals surface area contributed by atoms with E-state index in [2.05, 4.69) is 15.9 Å². The zero-order valence-electron chi connectivity index (χ0n) is 9.44. The minimum Gasteiger partial charge on any atom is -0.482 e. The smallest absolute Gasteiger partial charge is 0.422 e. The van der Waals surface area contributed by atoms with E-state index in [9.17, 15) is 13.2 Å². The van der Waals surface area contributed by atoms with Crippen LogP contribution in [-0.2, 0) is 0 Å². The molecule has 17 heavy (non-hydrogen) atoms. The van der Waals surface area contributed by atoms with Gasteiger partial charge in [0.25, 0.3) is 0 Å². The standard InChI is InChI=1S/C11H13BrF3NO/c1-6(2)7-3-8(12)10(16)9(4-7)17-5-11(13,14)15/h3-4,6H,5,16H2,1-2H3. The first kappa shape index (κ1) is 14.2. The van der Waals surface area contributed by atoms with Gasteiger partial charge in [-0.15, -0.1) is 0 Å². The van der Waals surface area contributed by atoms with Gasteiger partial charge in [-0.1, -0.05) is 13.8 Å².